The lowest BCUT2D eigenvalue weighted by atomic mass is 10.9. The predicted molar refractivity (Wildman–Crippen MR) is 115 cm³/mol. The highest BCUT2D eigenvalue weighted by Gasteiger charge is 2.52. The first-order valence-corrected chi connectivity index (χ1v) is 19.2. The summed E-state index contributed by atoms with van der Waals surface area (Å²) in [6, 6.07) is 5.92. The van der Waals surface area contributed by atoms with E-state index in [9.17, 15) is 9.59 Å². The highest BCUT2D eigenvalue weighted by atomic mass is 28.5. The van der Waals surface area contributed by atoms with E-state index in [1.54, 1.807) is 0 Å². The first-order chi connectivity index (χ1) is 11.6. The lowest BCUT2D eigenvalue weighted by Gasteiger charge is -2.45. The van der Waals surface area contributed by atoms with Gasteiger partial charge in [0.25, 0.3) is 0 Å². The van der Waals surface area contributed by atoms with E-state index in [1.165, 1.54) is 0 Å². The molecule has 0 heterocycles. The van der Waals surface area contributed by atoms with E-state index < -0.39 is 34.2 Å². The molecule has 0 rings (SSSR count). The molecule has 2 N–H and O–H groups in total. The minimum absolute atomic E-state index is 0.678. The maximum Gasteiger partial charge on any atom is 0.326 e. The van der Waals surface area contributed by atoms with Crippen molar-refractivity contribution >= 4 is 34.2 Å². The SMILES string of the molecule is CC[Si](O)(CC)O[Si](CC)(CC)O[Si](CC)(CC)O[Si](O)(CC)CC. The molecular weight excluding hydrogens is 385 g/mol. The summed E-state index contributed by atoms with van der Waals surface area (Å²) >= 11 is 0. The Morgan fingerprint density at radius 2 is 0.680 bits per heavy atom. The third-order valence-corrected chi connectivity index (χ3v) is 23.2. The van der Waals surface area contributed by atoms with Crippen molar-refractivity contribution < 1.29 is 21.9 Å². The zero-order chi connectivity index (χ0) is 19.8. The second-order valence-corrected chi connectivity index (χ2v) is 22.4. The van der Waals surface area contributed by atoms with Crippen LogP contribution in [0.15, 0.2) is 0 Å². The van der Waals surface area contributed by atoms with Crippen molar-refractivity contribution in [2.45, 2.75) is 104 Å². The lowest BCUT2D eigenvalue weighted by molar-refractivity contribution is 0.253. The molecule has 0 spiro atoms. The molecule has 152 valence electrons. The van der Waals surface area contributed by atoms with Gasteiger partial charge in [-0.1, -0.05) is 55.4 Å². The second kappa shape index (κ2) is 10.9. The van der Waals surface area contributed by atoms with Crippen molar-refractivity contribution in [1.82, 2.24) is 0 Å². The van der Waals surface area contributed by atoms with Crippen LogP contribution in [0.2, 0.25) is 48.4 Å². The van der Waals surface area contributed by atoms with Crippen molar-refractivity contribution in [1.29, 1.82) is 0 Å². The van der Waals surface area contributed by atoms with Gasteiger partial charge in [-0.2, -0.15) is 0 Å². The first kappa shape index (κ1) is 25.7. The minimum atomic E-state index is -2.72. The molecule has 9 heteroatoms. The van der Waals surface area contributed by atoms with Crippen LogP contribution in [0.5, 0.6) is 0 Å². The molecule has 0 amide bonds. The summed E-state index contributed by atoms with van der Waals surface area (Å²) < 4.78 is 19.7. The zero-order valence-electron chi connectivity index (χ0n) is 17.8. The Morgan fingerprint density at radius 1 is 0.440 bits per heavy atom. The molecule has 0 aromatic heterocycles. The van der Waals surface area contributed by atoms with Crippen LogP contribution in [0.1, 0.15) is 55.4 Å². The molecule has 0 fully saturated rings. The Kier molecular flexibility index (Phi) is 11.2. The third kappa shape index (κ3) is 6.96. The molecule has 0 aromatic rings. The summed E-state index contributed by atoms with van der Waals surface area (Å²) in [4.78, 5) is 21.8. The maximum absolute atomic E-state index is 10.9. The highest BCUT2D eigenvalue weighted by Crippen LogP contribution is 2.34. The van der Waals surface area contributed by atoms with Gasteiger partial charge in [-0.3, -0.25) is 0 Å². The van der Waals surface area contributed by atoms with Gasteiger partial charge in [0.15, 0.2) is 0 Å². The van der Waals surface area contributed by atoms with Crippen LogP contribution < -0.4 is 0 Å². The van der Waals surface area contributed by atoms with E-state index in [-0.39, 0.29) is 0 Å². The Bertz CT molecular complexity index is 334. The van der Waals surface area contributed by atoms with E-state index in [4.69, 9.17) is 12.3 Å². The van der Waals surface area contributed by atoms with Crippen molar-refractivity contribution in [3.63, 3.8) is 0 Å². The molecule has 0 saturated carbocycles. The van der Waals surface area contributed by atoms with Crippen molar-refractivity contribution in [3.05, 3.63) is 0 Å². The van der Waals surface area contributed by atoms with E-state index in [0.29, 0.717) is 24.2 Å². The zero-order valence-corrected chi connectivity index (χ0v) is 21.8. The summed E-state index contributed by atoms with van der Waals surface area (Å²) in [5.74, 6) is 0. The lowest BCUT2D eigenvalue weighted by Crippen LogP contribution is -2.62. The largest absolute Gasteiger partial charge is 0.415 e. The van der Waals surface area contributed by atoms with E-state index in [2.05, 4.69) is 27.7 Å². The Hall–Kier alpha value is 0.668. The molecule has 5 nitrogen and oxygen atoms in total. The van der Waals surface area contributed by atoms with Crippen LogP contribution in [0, 0.1) is 0 Å². The summed E-state index contributed by atoms with van der Waals surface area (Å²) in [6.07, 6.45) is 0. The maximum atomic E-state index is 10.9. The smallest absolute Gasteiger partial charge is 0.326 e. The van der Waals surface area contributed by atoms with Gasteiger partial charge in [-0.15, -0.1) is 0 Å². The topological polar surface area (TPSA) is 68.2 Å². The van der Waals surface area contributed by atoms with Crippen molar-refractivity contribution in [3.8, 4) is 0 Å². The van der Waals surface area contributed by atoms with E-state index in [0.717, 1.165) is 24.2 Å². The molecule has 0 aliphatic rings. The van der Waals surface area contributed by atoms with Crippen LogP contribution in [0.3, 0.4) is 0 Å². The Morgan fingerprint density at radius 3 is 0.840 bits per heavy atom. The average molecular weight is 427 g/mol. The van der Waals surface area contributed by atoms with Crippen LogP contribution >= 0.6 is 0 Å². The van der Waals surface area contributed by atoms with Gasteiger partial charge < -0.3 is 21.9 Å². The quantitative estimate of drug-likeness (QED) is 0.385. The van der Waals surface area contributed by atoms with Gasteiger partial charge in [0.05, 0.1) is 0 Å². The minimum Gasteiger partial charge on any atom is -0.415 e. The van der Waals surface area contributed by atoms with E-state index in [1.807, 2.05) is 27.7 Å². The summed E-state index contributed by atoms with van der Waals surface area (Å²) in [7, 11) is -10.6. The molecule has 0 atom stereocenters. The number of rotatable bonds is 14. The van der Waals surface area contributed by atoms with Gasteiger partial charge in [-0.25, -0.2) is 0 Å². The predicted octanol–water partition coefficient (Wildman–Crippen LogP) is 4.95. The molecule has 0 aliphatic heterocycles. The van der Waals surface area contributed by atoms with Gasteiger partial charge >= 0.3 is 34.2 Å². The Balaban J connectivity index is 5.72. The molecule has 0 radical (unpaired) electrons. The first-order valence-electron chi connectivity index (χ1n) is 10.2. The Labute approximate surface area is 160 Å². The number of hydrogen-bond acceptors (Lipinski definition) is 5. The van der Waals surface area contributed by atoms with Gasteiger partial charge in [-0.05, 0) is 48.4 Å². The van der Waals surface area contributed by atoms with Gasteiger partial charge in [0.2, 0.25) is 0 Å². The highest BCUT2D eigenvalue weighted by molar-refractivity contribution is 6.89. The molecular formula is C16H42O5Si4. The van der Waals surface area contributed by atoms with Gasteiger partial charge in [0, 0.05) is 0 Å². The average Bonchev–Trinajstić information content (AvgIpc) is 2.66. The van der Waals surface area contributed by atoms with Crippen LogP contribution in [0.25, 0.3) is 0 Å². The molecule has 25 heavy (non-hydrogen) atoms. The van der Waals surface area contributed by atoms with Crippen LogP contribution in [-0.4, -0.2) is 43.8 Å². The van der Waals surface area contributed by atoms with Gasteiger partial charge in [0.1, 0.15) is 0 Å². The summed E-state index contributed by atoms with van der Waals surface area (Å²) in [5, 5.41) is 0. The molecule has 0 aliphatic carbocycles. The van der Waals surface area contributed by atoms with Crippen LogP contribution in [0.4, 0.5) is 0 Å². The summed E-state index contributed by atoms with van der Waals surface area (Å²) in [5.41, 5.74) is 0. The van der Waals surface area contributed by atoms with E-state index >= 15 is 0 Å². The monoisotopic (exact) mass is 426 g/mol. The standard InChI is InChI=1S/C16H42O5Si4/c1-9-22(17,10-2)19-24(13-5,14-6)21-25(15-7,16-8)20-23(18,11-3)12-4/h17-18H,9-16H2,1-8H3. The molecule has 0 unspecified atom stereocenters. The summed E-state index contributed by atoms with van der Waals surface area (Å²) in [6.45, 7) is 16.4. The van der Waals surface area contributed by atoms with Crippen molar-refractivity contribution in [2.75, 3.05) is 0 Å². The fraction of sp³-hybridized carbons (Fsp3) is 1.00. The fourth-order valence-corrected chi connectivity index (χ4v) is 21.2. The number of hydrogen-bond donors (Lipinski definition) is 2. The molecule has 0 aromatic carbocycles. The third-order valence-electron chi connectivity index (χ3n) is 5.49. The van der Waals surface area contributed by atoms with Crippen molar-refractivity contribution in [2.24, 2.45) is 0 Å². The fourth-order valence-electron chi connectivity index (χ4n) is 2.94. The molecule has 0 bridgehead atoms. The second-order valence-electron chi connectivity index (χ2n) is 6.85. The molecule has 0 saturated heterocycles. The normalized spacial score (nSPS) is 14.2. The van der Waals surface area contributed by atoms with Crippen LogP contribution in [-0.2, 0) is 12.3 Å².